The second kappa shape index (κ2) is 5.83. The molecule has 0 radical (unpaired) electrons. The van der Waals surface area contributed by atoms with E-state index in [2.05, 4.69) is 20.8 Å². The number of aromatic nitrogens is 2. The predicted molar refractivity (Wildman–Crippen MR) is 97.1 cm³/mol. The van der Waals surface area contributed by atoms with Crippen LogP contribution in [0.15, 0.2) is 54.2 Å². The first kappa shape index (κ1) is 15.0. The molecule has 0 atom stereocenters. The first-order valence-electron chi connectivity index (χ1n) is 7.85. The van der Waals surface area contributed by atoms with Crippen LogP contribution in [-0.4, -0.2) is 21.2 Å². The van der Waals surface area contributed by atoms with E-state index in [9.17, 15) is 9.90 Å². The Morgan fingerprint density at radius 2 is 1.80 bits per heavy atom. The Hall–Kier alpha value is -3.54. The van der Waals surface area contributed by atoms with E-state index in [0.29, 0.717) is 22.6 Å². The summed E-state index contributed by atoms with van der Waals surface area (Å²) in [5.74, 6) is -0.0491. The predicted octanol–water partition coefficient (Wildman–Crippen LogP) is 3.50. The molecule has 4 rings (SSSR count). The van der Waals surface area contributed by atoms with Crippen molar-refractivity contribution in [3.8, 4) is 17.0 Å². The van der Waals surface area contributed by atoms with Gasteiger partial charge in [-0.1, -0.05) is 23.8 Å². The Morgan fingerprint density at radius 1 is 1.04 bits per heavy atom. The standard InChI is InChI=1S/C19H16N4O2/c1-11-6-7-18(24)13(8-11)16-9-12(22-23-16)10-17-19(25)21-15-5-3-2-4-14(15)20-17/h2-10,20,24H,1H3,(H,21,25)(H,22,23). The molecule has 4 N–H and O–H groups in total. The minimum Gasteiger partial charge on any atom is -0.507 e. The van der Waals surface area contributed by atoms with Crippen LogP contribution in [0.1, 0.15) is 11.3 Å². The monoisotopic (exact) mass is 332 g/mol. The zero-order valence-corrected chi connectivity index (χ0v) is 13.5. The fourth-order valence-electron chi connectivity index (χ4n) is 2.75. The summed E-state index contributed by atoms with van der Waals surface area (Å²) in [6.07, 6.45) is 1.69. The van der Waals surface area contributed by atoms with Gasteiger partial charge in [-0.25, -0.2) is 0 Å². The number of rotatable bonds is 2. The lowest BCUT2D eigenvalue weighted by atomic mass is 10.1. The van der Waals surface area contributed by atoms with Gasteiger partial charge in [-0.2, -0.15) is 5.10 Å². The number of fused-ring (bicyclic) bond motifs is 1. The Labute approximate surface area is 144 Å². The second-order valence-corrected chi connectivity index (χ2v) is 5.91. The number of benzene rings is 2. The number of aromatic amines is 1. The molecule has 1 aromatic heterocycles. The smallest absolute Gasteiger partial charge is 0.272 e. The van der Waals surface area contributed by atoms with Crippen LogP contribution in [0.2, 0.25) is 0 Å². The van der Waals surface area contributed by atoms with Crippen LogP contribution in [0.25, 0.3) is 17.3 Å². The number of hydrogen-bond donors (Lipinski definition) is 4. The van der Waals surface area contributed by atoms with Crippen LogP contribution in [-0.2, 0) is 4.79 Å². The number of aryl methyl sites for hydroxylation is 1. The van der Waals surface area contributed by atoms with Crippen LogP contribution >= 0.6 is 0 Å². The average Bonchev–Trinajstić information content (AvgIpc) is 3.06. The normalized spacial score (nSPS) is 14.8. The summed E-state index contributed by atoms with van der Waals surface area (Å²) >= 11 is 0. The number of H-pyrrole nitrogens is 1. The maximum absolute atomic E-state index is 12.2. The highest BCUT2D eigenvalue weighted by Gasteiger charge is 2.19. The maximum Gasteiger partial charge on any atom is 0.272 e. The van der Waals surface area contributed by atoms with Gasteiger partial charge in [0, 0.05) is 5.56 Å². The average molecular weight is 332 g/mol. The van der Waals surface area contributed by atoms with E-state index < -0.39 is 0 Å². The minimum absolute atomic E-state index is 0.166. The summed E-state index contributed by atoms with van der Waals surface area (Å²) < 4.78 is 0. The summed E-state index contributed by atoms with van der Waals surface area (Å²) in [6, 6.07) is 14.6. The van der Waals surface area contributed by atoms with Gasteiger partial charge >= 0.3 is 0 Å². The quantitative estimate of drug-likeness (QED) is 0.541. The lowest BCUT2D eigenvalue weighted by molar-refractivity contribution is -0.112. The summed E-state index contributed by atoms with van der Waals surface area (Å²) in [6.45, 7) is 1.95. The molecular weight excluding hydrogens is 316 g/mol. The molecule has 0 fully saturated rings. The zero-order valence-electron chi connectivity index (χ0n) is 13.5. The molecule has 25 heavy (non-hydrogen) atoms. The van der Waals surface area contributed by atoms with Gasteiger partial charge < -0.3 is 15.7 Å². The van der Waals surface area contributed by atoms with Crippen molar-refractivity contribution in [2.24, 2.45) is 0 Å². The number of phenols is 1. The number of aromatic hydroxyl groups is 1. The van der Waals surface area contributed by atoms with Gasteiger partial charge in [-0.15, -0.1) is 0 Å². The molecule has 1 amide bonds. The Morgan fingerprint density at radius 3 is 2.60 bits per heavy atom. The molecule has 124 valence electrons. The Balaban J connectivity index is 1.66. The van der Waals surface area contributed by atoms with Gasteiger partial charge in [0.25, 0.3) is 5.91 Å². The van der Waals surface area contributed by atoms with Gasteiger partial charge in [0.1, 0.15) is 11.4 Å². The number of phenolic OH excluding ortho intramolecular Hbond substituents is 1. The number of anilines is 2. The van der Waals surface area contributed by atoms with E-state index in [0.717, 1.165) is 16.9 Å². The van der Waals surface area contributed by atoms with Crippen molar-refractivity contribution in [2.45, 2.75) is 6.92 Å². The first-order valence-corrected chi connectivity index (χ1v) is 7.85. The SMILES string of the molecule is Cc1ccc(O)c(-c2cc(C=C3Nc4ccccc4NC3=O)[nH]n2)c1. The minimum atomic E-state index is -0.215. The molecule has 0 saturated carbocycles. The van der Waals surface area contributed by atoms with Crippen LogP contribution in [0.3, 0.4) is 0 Å². The summed E-state index contributed by atoms with van der Waals surface area (Å²) in [5.41, 5.74) is 4.96. The fraction of sp³-hybridized carbons (Fsp3) is 0.0526. The molecule has 0 unspecified atom stereocenters. The number of nitrogens with one attached hydrogen (secondary N) is 3. The van der Waals surface area contributed by atoms with Crippen molar-refractivity contribution in [1.29, 1.82) is 0 Å². The van der Waals surface area contributed by atoms with Crippen molar-refractivity contribution in [3.05, 3.63) is 65.5 Å². The largest absolute Gasteiger partial charge is 0.507 e. The Bertz CT molecular complexity index is 1000. The van der Waals surface area contributed by atoms with E-state index in [4.69, 9.17) is 0 Å². The molecule has 2 aromatic carbocycles. The van der Waals surface area contributed by atoms with Crippen molar-refractivity contribution < 1.29 is 9.90 Å². The van der Waals surface area contributed by atoms with Crippen LogP contribution < -0.4 is 10.6 Å². The second-order valence-electron chi connectivity index (χ2n) is 5.91. The van der Waals surface area contributed by atoms with Gasteiger partial charge in [-0.05, 0) is 43.3 Å². The number of hydrogen-bond acceptors (Lipinski definition) is 4. The third-order valence-electron chi connectivity index (χ3n) is 4.01. The van der Waals surface area contributed by atoms with Crippen molar-refractivity contribution >= 4 is 23.4 Å². The van der Waals surface area contributed by atoms with Crippen molar-refractivity contribution in [1.82, 2.24) is 10.2 Å². The van der Waals surface area contributed by atoms with E-state index >= 15 is 0 Å². The lowest BCUT2D eigenvalue weighted by Gasteiger charge is -2.20. The van der Waals surface area contributed by atoms with Crippen LogP contribution in [0.4, 0.5) is 11.4 Å². The third-order valence-corrected chi connectivity index (χ3v) is 4.01. The molecule has 6 nitrogen and oxygen atoms in total. The van der Waals surface area contributed by atoms with E-state index in [1.54, 1.807) is 18.2 Å². The van der Waals surface area contributed by atoms with Gasteiger partial charge in [-0.3, -0.25) is 9.89 Å². The number of carbonyl (C=O) groups excluding carboxylic acids is 1. The molecule has 1 aliphatic heterocycles. The number of amides is 1. The number of para-hydroxylation sites is 2. The summed E-state index contributed by atoms with van der Waals surface area (Å²) in [5, 5.41) is 23.1. The highest BCUT2D eigenvalue weighted by atomic mass is 16.3. The molecule has 1 aliphatic rings. The highest BCUT2D eigenvalue weighted by Crippen LogP contribution is 2.30. The number of carbonyl (C=O) groups is 1. The molecule has 3 aromatic rings. The van der Waals surface area contributed by atoms with Gasteiger partial charge in [0.2, 0.25) is 0 Å². The van der Waals surface area contributed by atoms with E-state index in [1.807, 2.05) is 43.3 Å². The van der Waals surface area contributed by atoms with Crippen molar-refractivity contribution in [2.75, 3.05) is 10.6 Å². The summed E-state index contributed by atoms with van der Waals surface area (Å²) in [7, 11) is 0. The molecule has 0 saturated heterocycles. The lowest BCUT2D eigenvalue weighted by Crippen LogP contribution is -2.25. The molecule has 0 spiro atoms. The third kappa shape index (κ3) is 2.85. The molecular formula is C19H16N4O2. The molecule has 0 aliphatic carbocycles. The van der Waals surface area contributed by atoms with Crippen molar-refractivity contribution in [3.63, 3.8) is 0 Å². The fourth-order valence-corrected chi connectivity index (χ4v) is 2.75. The van der Waals surface area contributed by atoms with Crippen LogP contribution in [0.5, 0.6) is 5.75 Å². The van der Waals surface area contributed by atoms with E-state index in [1.165, 1.54) is 0 Å². The Kier molecular flexibility index (Phi) is 3.50. The molecule has 2 heterocycles. The topological polar surface area (TPSA) is 90.0 Å². The number of nitrogens with zero attached hydrogens (tertiary/aromatic N) is 1. The van der Waals surface area contributed by atoms with E-state index in [-0.39, 0.29) is 11.7 Å². The van der Waals surface area contributed by atoms with Crippen LogP contribution in [0, 0.1) is 6.92 Å². The summed E-state index contributed by atoms with van der Waals surface area (Å²) in [4.78, 5) is 12.2. The van der Waals surface area contributed by atoms with Gasteiger partial charge in [0.05, 0.1) is 22.8 Å². The highest BCUT2D eigenvalue weighted by molar-refractivity contribution is 6.13. The molecule has 0 bridgehead atoms. The zero-order chi connectivity index (χ0) is 17.4. The first-order chi connectivity index (χ1) is 12.1. The molecule has 6 heteroatoms. The van der Waals surface area contributed by atoms with Gasteiger partial charge in [0.15, 0.2) is 0 Å². The maximum atomic E-state index is 12.2.